The first-order chi connectivity index (χ1) is 19.3. The standard InChI is InChI=1S/C31H32F3N5O/c1-2-19-6-3-9-23(14-19)29(36-18-20-12-13-20)24-10-5-11-25(28(24)22-8-4-7-21(15-22)17-35)37-30(40)26-16-27(39-38-26)31(32,33)34/h3-11,14-16,20,29,36H,2,12-13,17-18,35H2,1H3,(H,37,40)(H,38,39). The van der Waals surface area contributed by atoms with Crippen LogP contribution in [0.4, 0.5) is 18.9 Å². The van der Waals surface area contributed by atoms with Gasteiger partial charge in [0.2, 0.25) is 0 Å². The fourth-order valence-corrected chi connectivity index (χ4v) is 4.87. The molecule has 1 unspecified atom stereocenters. The van der Waals surface area contributed by atoms with Gasteiger partial charge in [-0.25, -0.2) is 0 Å². The van der Waals surface area contributed by atoms with E-state index in [1.54, 1.807) is 6.07 Å². The van der Waals surface area contributed by atoms with Crippen molar-refractivity contribution in [3.8, 4) is 11.1 Å². The summed E-state index contributed by atoms with van der Waals surface area (Å²) in [5.41, 5.74) is 10.8. The van der Waals surface area contributed by atoms with Crippen LogP contribution < -0.4 is 16.4 Å². The Morgan fingerprint density at radius 2 is 1.80 bits per heavy atom. The zero-order valence-electron chi connectivity index (χ0n) is 22.2. The van der Waals surface area contributed by atoms with Crippen LogP contribution in [0, 0.1) is 5.92 Å². The van der Waals surface area contributed by atoms with Crippen molar-refractivity contribution in [3.63, 3.8) is 0 Å². The Balaban J connectivity index is 1.61. The van der Waals surface area contributed by atoms with E-state index in [2.05, 4.69) is 46.9 Å². The van der Waals surface area contributed by atoms with E-state index >= 15 is 0 Å². The molecule has 1 amide bonds. The minimum absolute atomic E-state index is 0.178. The second-order valence-corrected chi connectivity index (χ2v) is 10.2. The van der Waals surface area contributed by atoms with Crippen LogP contribution in [0.15, 0.2) is 72.8 Å². The van der Waals surface area contributed by atoms with Gasteiger partial charge in [-0.2, -0.15) is 18.3 Å². The number of aromatic amines is 1. The summed E-state index contributed by atoms with van der Waals surface area (Å²) in [6.07, 6.45) is -1.35. The molecule has 1 atom stereocenters. The Bertz CT molecular complexity index is 1490. The summed E-state index contributed by atoms with van der Waals surface area (Å²) in [4.78, 5) is 13.1. The Morgan fingerprint density at radius 1 is 1.05 bits per heavy atom. The third-order valence-corrected chi connectivity index (χ3v) is 7.22. The molecule has 1 heterocycles. The zero-order chi connectivity index (χ0) is 28.3. The van der Waals surface area contributed by atoms with E-state index in [0.717, 1.165) is 40.8 Å². The Kier molecular flexibility index (Phi) is 8.04. The second-order valence-electron chi connectivity index (χ2n) is 10.2. The number of carbonyl (C=O) groups excluding carboxylic acids is 1. The van der Waals surface area contributed by atoms with Crippen LogP contribution in [-0.4, -0.2) is 22.6 Å². The minimum atomic E-state index is -4.63. The molecule has 1 fully saturated rings. The predicted octanol–water partition coefficient (Wildman–Crippen LogP) is 6.46. The highest BCUT2D eigenvalue weighted by atomic mass is 19.4. The van der Waals surface area contributed by atoms with Crippen LogP contribution in [-0.2, 0) is 19.1 Å². The van der Waals surface area contributed by atoms with Gasteiger partial charge >= 0.3 is 6.18 Å². The molecule has 208 valence electrons. The molecule has 0 radical (unpaired) electrons. The fourth-order valence-electron chi connectivity index (χ4n) is 4.87. The molecule has 3 aromatic carbocycles. The number of aryl methyl sites for hydroxylation is 1. The van der Waals surface area contributed by atoms with E-state index in [0.29, 0.717) is 24.2 Å². The summed E-state index contributed by atoms with van der Waals surface area (Å²) in [7, 11) is 0. The summed E-state index contributed by atoms with van der Waals surface area (Å²) in [6.45, 7) is 3.31. The van der Waals surface area contributed by atoms with Crippen molar-refractivity contribution < 1.29 is 18.0 Å². The highest BCUT2D eigenvalue weighted by Gasteiger charge is 2.34. The lowest BCUT2D eigenvalue weighted by Gasteiger charge is -2.25. The Morgan fingerprint density at radius 3 is 2.50 bits per heavy atom. The van der Waals surface area contributed by atoms with E-state index in [9.17, 15) is 18.0 Å². The molecular formula is C31H32F3N5O. The van der Waals surface area contributed by atoms with E-state index in [1.165, 1.54) is 18.4 Å². The van der Waals surface area contributed by atoms with Crippen molar-refractivity contribution in [2.75, 3.05) is 11.9 Å². The third-order valence-electron chi connectivity index (χ3n) is 7.22. The van der Waals surface area contributed by atoms with Gasteiger partial charge < -0.3 is 16.4 Å². The monoisotopic (exact) mass is 547 g/mol. The van der Waals surface area contributed by atoms with Gasteiger partial charge in [-0.05, 0) is 71.7 Å². The normalized spacial score (nSPS) is 14.2. The van der Waals surface area contributed by atoms with Gasteiger partial charge in [0.1, 0.15) is 5.69 Å². The average Bonchev–Trinajstić information content (AvgIpc) is 3.63. The molecule has 1 aromatic heterocycles. The number of hydrogen-bond acceptors (Lipinski definition) is 4. The van der Waals surface area contributed by atoms with Crippen LogP contribution >= 0.6 is 0 Å². The van der Waals surface area contributed by atoms with Gasteiger partial charge in [0.25, 0.3) is 5.91 Å². The first-order valence-electron chi connectivity index (χ1n) is 13.4. The number of carbonyl (C=O) groups is 1. The molecule has 0 spiro atoms. The van der Waals surface area contributed by atoms with Gasteiger partial charge in [0, 0.05) is 23.9 Å². The molecule has 0 bridgehead atoms. The van der Waals surface area contributed by atoms with Gasteiger partial charge in [0.05, 0.1) is 6.04 Å². The molecule has 1 aliphatic carbocycles. The van der Waals surface area contributed by atoms with Crippen molar-refractivity contribution >= 4 is 11.6 Å². The maximum atomic E-state index is 13.1. The molecule has 5 N–H and O–H groups in total. The van der Waals surface area contributed by atoms with Crippen LogP contribution in [0.5, 0.6) is 0 Å². The SMILES string of the molecule is CCc1cccc(C(NCC2CC2)c2cccc(NC(=O)c3cc(C(F)(F)F)[nH]n3)c2-c2cccc(CN)c2)c1. The number of nitrogens with two attached hydrogens (primary N) is 1. The number of rotatable bonds is 10. The van der Waals surface area contributed by atoms with Crippen molar-refractivity contribution in [1.29, 1.82) is 0 Å². The third kappa shape index (κ3) is 6.26. The number of anilines is 1. The highest BCUT2D eigenvalue weighted by molar-refractivity contribution is 6.05. The first-order valence-corrected chi connectivity index (χ1v) is 13.4. The number of amides is 1. The van der Waals surface area contributed by atoms with Crippen molar-refractivity contribution in [3.05, 3.63) is 106 Å². The van der Waals surface area contributed by atoms with Crippen LogP contribution in [0.25, 0.3) is 11.1 Å². The summed E-state index contributed by atoms with van der Waals surface area (Å²) in [6, 6.07) is 22.4. The molecule has 5 rings (SSSR count). The largest absolute Gasteiger partial charge is 0.432 e. The summed E-state index contributed by atoms with van der Waals surface area (Å²) < 4.78 is 39.4. The lowest BCUT2D eigenvalue weighted by molar-refractivity contribution is -0.141. The van der Waals surface area contributed by atoms with Crippen molar-refractivity contribution in [2.45, 2.75) is 44.9 Å². The minimum Gasteiger partial charge on any atom is -0.326 e. The zero-order valence-corrected chi connectivity index (χ0v) is 22.2. The van der Waals surface area contributed by atoms with Crippen LogP contribution in [0.1, 0.15) is 64.2 Å². The number of nitrogens with zero attached hydrogens (tertiary/aromatic N) is 1. The summed E-state index contributed by atoms with van der Waals surface area (Å²) in [5.74, 6) is -0.109. The molecule has 40 heavy (non-hydrogen) atoms. The smallest absolute Gasteiger partial charge is 0.326 e. The number of aromatic nitrogens is 2. The number of benzene rings is 3. The van der Waals surface area contributed by atoms with Gasteiger partial charge in [-0.1, -0.05) is 61.5 Å². The fraction of sp³-hybridized carbons (Fsp3) is 0.290. The molecular weight excluding hydrogens is 515 g/mol. The number of H-pyrrole nitrogens is 1. The number of nitrogens with one attached hydrogen (secondary N) is 3. The van der Waals surface area contributed by atoms with Crippen molar-refractivity contribution in [1.82, 2.24) is 15.5 Å². The van der Waals surface area contributed by atoms with E-state index in [-0.39, 0.29) is 11.7 Å². The molecule has 9 heteroatoms. The van der Waals surface area contributed by atoms with E-state index in [1.807, 2.05) is 41.5 Å². The molecule has 6 nitrogen and oxygen atoms in total. The summed E-state index contributed by atoms with van der Waals surface area (Å²) in [5, 5.41) is 12.1. The van der Waals surface area contributed by atoms with E-state index in [4.69, 9.17) is 5.73 Å². The predicted molar refractivity (Wildman–Crippen MR) is 150 cm³/mol. The second kappa shape index (κ2) is 11.7. The molecule has 0 saturated heterocycles. The number of halogens is 3. The van der Waals surface area contributed by atoms with Gasteiger partial charge in [0.15, 0.2) is 5.69 Å². The lowest BCUT2D eigenvalue weighted by Crippen LogP contribution is -2.26. The maximum Gasteiger partial charge on any atom is 0.432 e. The highest BCUT2D eigenvalue weighted by Crippen LogP contribution is 2.39. The topological polar surface area (TPSA) is 95.8 Å². The number of hydrogen-bond donors (Lipinski definition) is 4. The van der Waals surface area contributed by atoms with E-state index < -0.39 is 17.8 Å². The van der Waals surface area contributed by atoms with Crippen LogP contribution in [0.2, 0.25) is 0 Å². The van der Waals surface area contributed by atoms with Crippen molar-refractivity contribution in [2.24, 2.45) is 11.7 Å². The Labute approximate surface area is 231 Å². The molecule has 4 aromatic rings. The average molecular weight is 548 g/mol. The summed E-state index contributed by atoms with van der Waals surface area (Å²) >= 11 is 0. The molecule has 1 saturated carbocycles. The first kappa shape index (κ1) is 27.6. The molecule has 0 aliphatic heterocycles. The van der Waals surface area contributed by atoms with Crippen LogP contribution in [0.3, 0.4) is 0 Å². The maximum absolute atomic E-state index is 13.1. The lowest BCUT2D eigenvalue weighted by atomic mass is 9.88. The number of alkyl halides is 3. The Hall–Kier alpha value is -3.95. The van der Waals surface area contributed by atoms with Gasteiger partial charge in [-0.3, -0.25) is 9.89 Å². The van der Waals surface area contributed by atoms with Gasteiger partial charge in [-0.15, -0.1) is 0 Å². The quantitative estimate of drug-likeness (QED) is 0.183. The molecule has 1 aliphatic rings.